The van der Waals surface area contributed by atoms with Crippen molar-refractivity contribution in [1.29, 1.82) is 0 Å². The lowest BCUT2D eigenvalue weighted by molar-refractivity contribution is 0.234. The zero-order chi connectivity index (χ0) is 14.1. The van der Waals surface area contributed by atoms with Crippen molar-refractivity contribution in [3.63, 3.8) is 0 Å². The third kappa shape index (κ3) is 5.13. The standard InChI is InChI=1S/C13H22N4O2/c1-3-17(4-2)12-6-5-11(9-15-12)10-16-13(19)14-7-8-18/h5-6,9,18H,3-4,7-8,10H2,1-2H3,(H2,14,16,19). The fraction of sp³-hybridized carbons (Fsp3) is 0.538. The number of carbonyl (C=O) groups is 1. The van der Waals surface area contributed by atoms with Crippen molar-refractivity contribution in [2.75, 3.05) is 31.1 Å². The molecule has 1 rings (SSSR count). The Hall–Kier alpha value is -1.82. The van der Waals surface area contributed by atoms with Gasteiger partial charge in [0.15, 0.2) is 0 Å². The summed E-state index contributed by atoms with van der Waals surface area (Å²) < 4.78 is 0. The second kappa shape index (κ2) is 8.31. The van der Waals surface area contributed by atoms with Gasteiger partial charge in [-0.3, -0.25) is 0 Å². The molecule has 6 heteroatoms. The molecule has 0 unspecified atom stereocenters. The fourth-order valence-electron chi connectivity index (χ4n) is 1.67. The fourth-order valence-corrected chi connectivity index (χ4v) is 1.67. The second-order valence-electron chi connectivity index (χ2n) is 4.03. The van der Waals surface area contributed by atoms with Gasteiger partial charge in [-0.25, -0.2) is 9.78 Å². The number of urea groups is 1. The highest BCUT2D eigenvalue weighted by Crippen LogP contribution is 2.10. The largest absolute Gasteiger partial charge is 0.395 e. The van der Waals surface area contributed by atoms with E-state index < -0.39 is 0 Å². The number of nitrogens with one attached hydrogen (secondary N) is 2. The molecule has 106 valence electrons. The molecule has 0 aliphatic rings. The topological polar surface area (TPSA) is 77.5 Å². The highest BCUT2D eigenvalue weighted by atomic mass is 16.3. The molecule has 1 heterocycles. The summed E-state index contributed by atoms with van der Waals surface area (Å²) in [5.41, 5.74) is 0.940. The van der Waals surface area contributed by atoms with Crippen molar-refractivity contribution >= 4 is 11.8 Å². The molecule has 0 aromatic carbocycles. The number of hydrogen-bond donors (Lipinski definition) is 3. The third-order valence-corrected chi connectivity index (χ3v) is 2.75. The summed E-state index contributed by atoms with van der Waals surface area (Å²) >= 11 is 0. The Bertz CT molecular complexity index is 377. The van der Waals surface area contributed by atoms with E-state index in [1.807, 2.05) is 12.1 Å². The van der Waals surface area contributed by atoms with Gasteiger partial charge in [-0.1, -0.05) is 6.07 Å². The number of rotatable bonds is 7. The number of carbonyl (C=O) groups excluding carboxylic acids is 1. The number of amides is 2. The van der Waals surface area contributed by atoms with Gasteiger partial charge in [-0.2, -0.15) is 0 Å². The predicted octanol–water partition coefficient (Wildman–Crippen LogP) is 0.719. The number of pyridine rings is 1. The molecule has 0 saturated heterocycles. The zero-order valence-corrected chi connectivity index (χ0v) is 11.5. The third-order valence-electron chi connectivity index (χ3n) is 2.75. The maximum Gasteiger partial charge on any atom is 0.315 e. The van der Waals surface area contributed by atoms with Gasteiger partial charge in [0.25, 0.3) is 0 Å². The number of aliphatic hydroxyl groups is 1. The molecular formula is C13H22N4O2. The van der Waals surface area contributed by atoms with Crippen LogP contribution < -0.4 is 15.5 Å². The quantitative estimate of drug-likeness (QED) is 0.679. The lowest BCUT2D eigenvalue weighted by Crippen LogP contribution is -2.36. The van der Waals surface area contributed by atoms with Crippen LogP contribution in [0.5, 0.6) is 0 Å². The summed E-state index contributed by atoms with van der Waals surface area (Å²) in [6.07, 6.45) is 1.76. The second-order valence-corrected chi connectivity index (χ2v) is 4.03. The van der Waals surface area contributed by atoms with Crippen LogP contribution in [0.1, 0.15) is 19.4 Å². The van der Waals surface area contributed by atoms with E-state index in [4.69, 9.17) is 5.11 Å². The van der Waals surface area contributed by atoms with Crippen LogP contribution in [0.2, 0.25) is 0 Å². The smallest absolute Gasteiger partial charge is 0.315 e. The molecule has 0 saturated carbocycles. The highest BCUT2D eigenvalue weighted by Gasteiger charge is 2.04. The Balaban J connectivity index is 2.46. The first-order valence-electron chi connectivity index (χ1n) is 6.53. The van der Waals surface area contributed by atoms with Crippen molar-refractivity contribution in [3.8, 4) is 0 Å². The Labute approximate surface area is 113 Å². The van der Waals surface area contributed by atoms with Gasteiger partial charge < -0.3 is 20.6 Å². The molecule has 0 aliphatic carbocycles. The van der Waals surface area contributed by atoms with Crippen LogP contribution in [-0.4, -0.2) is 42.4 Å². The van der Waals surface area contributed by atoms with Gasteiger partial charge in [-0.15, -0.1) is 0 Å². The average molecular weight is 266 g/mol. The molecule has 0 radical (unpaired) electrons. The van der Waals surface area contributed by atoms with E-state index >= 15 is 0 Å². The van der Waals surface area contributed by atoms with Gasteiger partial charge in [0.05, 0.1) is 6.61 Å². The summed E-state index contributed by atoms with van der Waals surface area (Å²) in [5.74, 6) is 0.943. The lowest BCUT2D eigenvalue weighted by atomic mass is 10.2. The highest BCUT2D eigenvalue weighted by molar-refractivity contribution is 5.73. The summed E-state index contributed by atoms with van der Waals surface area (Å²) in [7, 11) is 0. The maximum atomic E-state index is 11.3. The first kappa shape index (κ1) is 15.2. The summed E-state index contributed by atoms with van der Waals surface area (Å²) in [4.78, 5) is 17.8. The van der Waals surface area contributed by atoms with E-state index in [1.54, 1.807) is 6.20 Å². The number of hydrogen-bond acceptors (Lipinski definition) is 4. The van der Waals surface area contributed by atoms with E-state index in [9.17, 15) is 4.79 Å². The number of aliphatic hydroxyl groups excluding tert-OH is 1. The summed E-state index contributed by atoms with van der Waals surface area (Å²) in [5, 5.41) is 13.8. The minimum absolute atomic E-state index is 0.0620. The maximum absolute atomic E-state index is 11.3. The van der Waals surface area contributed by atoms with E-state index in [0.717, 1.165) is 24.5 Å². The molecule has 0 bridgehead atoms. The number of nitrogens with zero attached hydrogens (tertiary/aromatic N) is 2. The monoisotopic (exact) mass is 266 g/mol. The molecule has 3 N–H and O–H groups in total. The van der Waals surface area contributed by atoms with Crippen LogP contribution in [0.4, 0.5) is 10.6 Å². The molecular weight excluding hydrogens is 244 g/mol. The van der Waals surface area contributed by atoms with E-state index in [-0.39, 0.29) is 19.2 Å². The predicted molar refractivity (Wildman–Crippen MR) is 75.1 cm³/mol. The first-order valence-corrected chi connectivity index (χ1v) is 6.53. The van der Waals surface area contributed by atoms with Crippen LogP contribution in [-0.2, 0) is 6.54 Å². The minimum atomic E-state index is -0.290. The van der Waals surface area contributed by atoms with Gasteiger partial charge in [0.2, 0.25) is 0 Å². The molecule has 19 heavy (non-hydrogen) atoms. The van der Waals surface area contributed by atoms with Crippen molar-refractivity contribution in [3.05, 3.63) is 23.9 Å². The molecule has 0 spiro atoms. The average Bonchev–Trinajstić information content (AvgIpc) is 2.45. The molecule has 2 amide bonds. The van der Waals surface area contributed by atoms with Crippen LogP contribution in [0.3, 0.4) is 0 Å². The van der Waals surface area contributed by atoms with Crippen LogP contribution in [0, 0.1) is 0 Å². The number of aromatic nitrogens is 1. The summed E-state index contributed by atoms with van der Waals surface area (Å²) in [6.45, 7) is 6.63. The number of anilines is 1. The van der Waals surface area contributed by atoms with E-state index in [1.165, 1.54) is 0 Å². The summed E-state index contributed by atoms with van der Waals surface area (Å²) in [6, 6.07) is 3.62. The zero-order valence-electron chi connectivity index (χ0n) is 11.5. The van der Waals surface area contributed by atoms with Crippen molar-refractivity contribution in [1.82, 2.24) is 15.6 Å². The lowest BCUT2D eigenvalue weighted by Gasteiger charge is -2.19. The van der Waals surface area contributed by atoms with Crippen LogP contribution in [0.15, 0.2) is 18.3 Å². The Kier molecular flexibility index (Phi) is 6.67. The van der Waals surface area contributed by atoms with Crippen molar-refractivity contribution < 1.29 is 9.90 Å². The molecule has 1 aromatic heterocycles. The van der Waals surface area contributed by atoms with Crippen LogP contribution in [0.25, 0.3) is 0 Å². The Morgan fingerprint density at radius 3 is 2.58 bits per heavy atom. The first-order chi connectivity index (χ1) is 9.21. The molecule has 0 fully saturated rings. The normalized spacial score (nSPS) is 10.1. The van der Waals surface area contributed by atoms with Crippen molar-refractivity contribution in [2.24, 2.45) is 0 Å². The van der Waals surface area contributed by atoms with Crippen molar-refractivity contribution in [2.45, 2.75) is 20.4 Å². The minimum Gasteiger partial charge on any atom is -0.395 e. The van der Waals surface area contributed by atoms with Gasteiger partial charge in [-0.05, 0) is 25.5 Å². The molecule has 0 atom stereocenters. The SMILES string of the molecule is CCN(CC)c1ccc(CNC(=O)NCCO)cn1. The van der Waals surface area contributed by atoms with Crippen LogP contribution >= 0.6 is 0 Å². The molecule has 1 aromatic rings. The van der Waals surface area contributed by atoms with E-state index in [0.29, 0.717) is 6.54 Å². The van der Waals surface area contributed by atoms with Gasteiger partial charge >= 0.3 is 6.03 Å². The van der Waals surface area contributed by atoms with Gasteiger partial charge in [0.1, 0.15) is 5.82 Å². The molecule has 0 aliphatic heterocycles. The Morgan fingerprint density at radius 1 is 1.32 bits per heavy atom. The molecule has 6 nitrogen and oxygen atoms in total. The van der Waals surface area contributed by atoms with E-state index in [2.05, 4.69) is 34.4 Å². The van der Waals surface area contributed by atoms with Gasteiger partial charge in [0, 0.05) is 32.4 Å². The Morgan fingerprint density at radius 2 is 2.05 bits per heavy atom.